The van der Waals surface area contributed by atoms with E-state index in [4.69, 9.17) is 0 Å². The summed E-state index contributed by atoms with van der Waals surface area (Å²) in [6, 6.07) is 0.0677. The number of carbonyl (C=O) groups excluding carboxylic acids is 1. The maximum atomic E-state index is 12.5. The van der Waals surface area contributed by atoms with Crippen LogP contribution < -0.4 is 5.32 Å². The molecule has 0 aromatic carbocycles. The van der Waals surface area contributed by atoms with Gasteiger partial charge in [-0.3, -0.25) is 9.48 Å². The third-order valence-corrected chi connectivity index (χ3v) is 4.86. The summed E-state index contributed by atoms with van der Waals surface area (Å²) in [7, 11) is 0. The second-order valence-electron chi connectivity index (χ2n) is 6.23. The Labute approximate surface area is 151 Å². The van der Waals surface area contributed by atoms with Crippen molar-refractivity contribution in [3.63, 3.8) is 0 Å². The van der Waals surface area contributed by atoms with Crippen LogP contribution in [-0.2, 0) is 11.3 Å². The van der Waals surface area contributed by atoms with Crippen LogP contribution in [0.2, 0.25) is 0 Å². The van der Waals surface area contributed by atoms with E-state index in [1.807, 2.05) is 10.9 Å². The van der Waals surface area contributed by atoms with Crippen LogP contribution in [-0.4, -0.2) is 46.3 Å². The molecule has 2 saturated heterocycles. The monoisotopic (exact) mass is 362 g/mol. The highest BCUT2D eigenvalue weighted by Crippen LogP contribution is 2.28. The summed E-state index contributed by atoms with van der Waals surface area (Å²) in [4.78, 5) is 14.6. The molecule has 23 heavy (non-hydrogen) atoms. The number of piperidine rings is 2. The van der Waals surface area contributed by atoms with Crippen molar-refractivity contribution in [1.29, 1.82) is 0 Å². The Balaban J connectivity index is 0.00000132. The van der Waals surface area contributed by atoms with Gasteiger partial charge in [0, 0.05) is 25.8 Å². The van der Waals surface area contributed by atoms with Crippen LogP contribution in [0.1, 0.15) is 50.5 Å². The Morgan fingerprint density at radius 1 is 1.26 bits per heavy atom. The summed E-state index contributed by atoms with van der Waals surface area (Å²) >= 11 is 0. The van der Waals surface area contributed by atoms with Gasteiger partial charge in [-0.25, -0.2) is 0 Å². The Hall–Kier alpha value is -0.780. The minimum Gasteiger partial charge on any atom is -0.341 e. The quantitative estimate of drug-likeness (QED) is 0.898. The Bertz CT molecular complexity index is 480. The van der Waals surface area contributed by atoms with Gasteiger partial charge in [0.05, 0.1) is 12.2 Å². The highest BCUT2D eigenvalue weighted by atomic mass is 35.5. The SMILES string of the molecule is CCn1cc(C2CCN(C(=O)[C@H]3CCCCN3)CC2)cn1.Cl.Cl. The molecular weight excluding hydrogens is 335 g/mol. The lowest BCUT2D eigenvalue weighted by Gasteiger charge is -2.35. The van der Waals surface area contributed by atoms with Crippen LogP contribution in [0.3, 0.4) is 0 Å². The first kappa shape index (κ1) is 20.3. The number of aryl methyl sites for hydroxylation is 1. The van der Waals surface area contributed by atoms with Gasteiger partial charge in [0.1, 0.15) is 0 Å². The molecule has 0 saturated carbocycles. The fraction of sp³-hybridized carbons (Fsp3) is 0.750. The van der Waals surface area contributed by atoms with Crippen molar-refractivity contribution in [3.05, 3.63) is 18.0 Å². The first-order chi connectivity index (χ1) is 10.3. The fourth-order valence-corrected chi connectivity index (χ4v) is 3.48. The average molecular weight is 363 g/mol. The second kappa shape index (κ2) is 9.50. The summed E-state index contributed by atoms with van der Waals surface area (Å²) in [5.41, 5.74) is 1.33. The van der Waals surface area contributed by atoms with E-state index in [-0.39, 0.29) is 30.9 Å². The van der Waals surface area contributed by atoms with Crippen molar-refractivity contribution < 1.29 is 4.79 Å². The molecule has 0 spiro atoms. The molecule has 132 valence electrons. The Morgan fingerprint density at radius 3 is 2.57 bits per heavy atom. The molecule has 1 atom stereocenters. The normalized spacial score (nSPS) is 22.1. The van der Waals surface area contributed by atoms with Gasteiger partial charge in [0.2, 0.25) is 5.91 Å². The van der Waals surface area contributed by atoms with Crippen LogP contribution in [0, 0.1) is 0 Å². The fourth-order valence-electron chi connectivity index (χ4n) is 3.48. The van der Waals surface area contributed by atoms with Crippen LogP contribution in [0.25, 0.3) is 0 Å². The zero-order chi connectivity index (χ0) is 14.7. The Kier molecular flexibility index (Phi) is 8.37. The van der Waals surface area contributed by atoms with E-state index >= 15 is 0 Å². The molecule has 1 aromatic rings. The van der Waals surface area contributed by atoms with E-state index in [2.05, 4.69) is 28.4 Å². The summed E-state index contributed by atoms with van der Waals surface area (Å²) in [6.45, 7) is 5.79. The molecule has 2 aliphatic rings. The van der Waals surface area contributed by atoms with Crippen molar-refractivity contribution >= 4 is 30.7 Å². The van der Waals surface area contributed by atoms with Gasteiger partial charge in [-0.15, -0.1) is 24.8 Å². The van der Waals surface area contributed by atoms with Gasteiger partial charge in [-0.2, -0.15) is 5.10 Å². The largest absolute Gasteiger partial charge is 0.341 e. The molecule has 3 heterocycles. The van der Waals surface area contributed by atoms with Crippen molar-refractivity contribution in [1.82, 2.24) is 20.0 Å². The van der Waals surface area contributed by atoms with Crippen LogP contribution in [0.15, 0.2) is 12.4 Å². The van der Waals surface area contributed by atoms with E-state index in [9.17, 15) is 4.79 Å². The summed E-state index contributed by atoms with van der Waals surface area (Å²) < 4.78 is 1.98. The molecule has 2 fully saturated rings. The maximum absolute atomic E-state index is 12.5. The van der Waals surface area contributed by atoms with Crippen molar-refractivity contribution in [3.8, 4) is 0 Å². The molecule has 0 aliphatic carbocycles. The number of hydrogen-bond donors (Lipinski definition) is 1. The predicted octanol–water partition coefficient (Wildman–Crippen LogP) is 2.59. The van der Waals surface area contributed by atoms with E-state index in [1.54, 1.807) is 0 Å². The number of hydrogen-bond acceptors (Lipinski definition) is 3. The topological polar surface area (TPSA) is 50.2 Å². The van der Waals surface area contributed by atoms with Gasteiger partial charge in [-0.05, 0) is 50.6 Å². The zero-order valence-corrected chi connectivity index (χ0v) is 15.4. The number of aromatic nitrogens is 2. The first-order valence-electron chi connectivity index (χ1n) is 8.32. The molecule has 3 rings (SSSR count). The summed E-state index contributed by atoms with van der Waals surface area (Å²) in [5.74, 6) is 0.881. The summed E-state index contributed by atoms with van der Waals surface area (Å²) in [6.07, 6.45) is 9.66. The van der Waals surface area contributed by atoms with Gasteiger partial charge in [-0.1, -0.05) is 6.42 Å². The molecule has 2 aliphatic heterocycles. The maximum Gasteiger partial charge on any atom is 0.239 e. The Morgan fingerprint density at radius 2 is 2.00 bits per heavy atom. The number of nitrogens with one attached hydrogen (secondary N) is 1. The number of nitrogens with zero attached hydrogens (tertiary/aromatic N) is 3. The minimum absolute atomic E-state index is 0. The number of likely N-dealkylation sites (tertiary alicyclic amines) is 1. The molecule has 1 aromatic heterocycles. The number of rotatable bonds is 3. The lowest BCUT2D eigenvalue weighted by molar-refractivity contribution is -0.135. The zero-order valence-electron chi connectivity index (χ0n) is 13.7. The average Bonchev–Trinajstić information content (AvgIpc) is 3.04. The highest BCUT2D eigenvalue weighted by molar-refractivity contribution is 5.85. The molecule has 7 heteroatoms. The van der Waals surface area contributed by atoms with E-state index in [0.29, 0.717) is 11.8 Å². The number of amides is 1. The highest BCUT2D eigenvalue weighted by Gasteiger charge is 2.29. The second-order valence-corrected chi connectivity index (χ2v) is 6.23. The summed E-state index contributed by atoms with van der Waals surface area (Å²) in [5, 5.41) is 7.73. The molecule has 1 amide bonds. The standard InChI is InChI=1S/C16H26N4O.2ClH/c1-2-20-12-14(11-18-20)13-6-9-19(10-7-13)16(21)15-5-3-4-8-17-15;;/h11-13,15,17H,2-10H2,1H3;2*1H/t15-;;/m1../s1. The number of halogens is 2. The third kappa shape index (κ3) is 4.85. The molecule has 5 nitrogen and oxygen atoms in total. The third-order valence-electron chi connectivity index (χ3n) is 4.86. The van der Waals surface area contributed by atoms with Gasteiger partial charge in [0.25, 0.3) is 0 Å². The lowest BCUT2D eigenvalue weighted by atomic mass is 9.91. The minimum atomic E-state index is 0. The van der Waals surface area contributed by atoms with Crippen LogP contribution in [0.5, 0.6) is 0 Å². The van der Waals surface area contributed by atoms with Crippen LogP contribution >= 0.6 is 24.8 Å². The molecule has 1 N–H and O–H groups in total. The molecule has 0 radical (unpaired) electrons. The molecule has 0 bridgehead atoms. The predicted molar refractivity (Wildman–Crippen MR) is 96.6 cm³/mol. The van der Waals surface area contributed by atoms with E-state index in [0.717, 1.165) is 45.4 Å². The van der Waals surface area contributed by atoms with E-state index in [1.165, 1.54) is 18.4 Å². The van der Waals surface area contributed by atoms with Gasteiger partial charge < -0.3 is 10.2 Å². The lowest BCUT2D eigenvalue weighted by Crippen LogP contribution is -2.50. The van der Waals surface area contributed by atoms with E-state index < -0.39 is 0 Å². The number of carbonyl (C=O) groups is 1. The van der Waals surface area contributed by atoms with Gasteiger partial charge in [0.15, 0.2) is 0 Å². The molecule has 0 unspecified atom stereocenters. The smallest absolute Gasteiger partial charge is 0.239 e. The van der Waals surface area contributed by atoms with Crippen molar-refractivity contribution in [2.24, 2.45) is 0 Å². The van der Waals surface area contributed by atoms with Crippen molar-refractivity contribution in [2.45, 2.75) is 57.5 Å². The first-order valence-corrected chi connectivity index (χ1v) is 8.32. The van der Waals surface area contributed by atoms with Gasteiger partial charge >= 0.3 is 0 Å². The van der Waals surface area contributed by atoms with Crippen LogP contribution in [0.4, 0.5) is 0 Å². The van der Waals surface area contributed by atoms with Crippen molar-refractivity contribution in [2.75, 3.05) is 19.6 Å². The molecular formula is C16H28Cl2N4O.